The van der Waals surface area contributed by atoms with Crippen LogP contribution in [0.2, 0.25) is 10.0 Å². The van der Waals surface area contributed by atoms with Crippen molar-refractivity contribution in [3.63, 3.8) is 0 Å². The van der Waals surface area contributed by atoms with Gasteiger partial charge >= 0.3 is 6.01 Å². The van der Waals surface area contributed by atoms with Crippen molar-refractivity contribution in [1.29, 1.82) is 0 Å². The first-order valence-corrected chi connectivity index (χ1v) is 7.26. The Balaban J connectivity index is 1.90. The second kappa shape index (κ2) is 5.98. The molecule has 1 aromatic heterocycles. The van der Waals surface area contributed by atoms with E-state index < -0.39 is 0 Å². The average molecular weight is 338 g/mol. The molecule has 1 atom stereocenters. The van der Waals surface area contributed by atoms with Gasteiger partial charge in [-0.1, -0.05) is 34.4 Å². The van der Waals surface area contributed by atoms with E-state index in [0.29, 0.717) is 21.9 Å². The van der Waals surface area contributed by atoms with Crippen molar-refractivity contribution in [3.05, 3.63) is 45.7 Å². The summed E-state index contributed by atoms with van der Waals surface area (Å²) in [7, 11) is 3.67. The summed E-state index contributed by atoms with van der Waals surface area (Å²) in [4.78, 5) is 10.4. The Morgan fingerprint density at radius 2 is 2.05 bits per heavy atom. The maximum absolute atomic E-state index is 6.06. The molecule has 114 valence electrons. The quantitative estimate of drug-likeness (QED) is 0.931. The SMILES string of the molecule is CN(C)c1nc(C2C=C(c3ccc(Cl)c(Cl)c3)NC=N2)no1. The van der Waals surface area contributed by atoms with Crippen molar-refractivity contribution in [3.8, 4) is 0 Å². The molecular weight excluding hydrogens is 325 g/mol. The van der Waals surface area contributed by atoms with Crippen LogP contribution in [0.15, 0.2) is 33.8 Å². The van der Waals surface area contributed by atoms with E-state index >= 15 is 0 Å². The molecule has 0 saturated heterocycles. The number of anilines is 1. The van der Waals surface area contributed by atoms with E-state index in [1.54, 1.807) is 23.4 Å². The fraction of sp³-hybridized carbons (Fsp3) is 0.214. The third kappa shape index (κ3) is 2.93. The molecule has 0 aliphatic carbocycles. The summed E-state index contributed by atoms with van der Waals surface area (Å²) in [6.07, 6.45) is 3.51. The number of benzene rings is 1. The molecule has 0 bridgehead atoms. The monoisotopic (exact) mass is 337 g/mol. The van der Waals surface area contributed by atoms with E-state index in [1.165, 1.54) is 0 Å². The molecule has 8 heteroatoms. The number of rotatable bonds is 3. The molecule has 6 nitrogen and oxygen atoms in total. The number of hydrogen-bond acceptors (Lipinski definition) is 6. The Morgan fingerprint density at radius 1 is 1.23 bits per heavy atom. The van der Waals surface area contributed by atoms with Crippen molar-refractivity contribution < 1.29 is 4.52 Å². The largest absolute Gasteiger partial charge is 0.346 e. The van der Waals surface area contributed by atoms with E-state index in [2.05, 4.69) is 20.4 Å². The lowest BCUT2D eigenvalue weighted by Crippen LogP contribution is -2.16. The molecule has 1 N–H and O–H groups in total. The lowest BCUT2D eigenvalue weighted by atomic mass is 10.1. The molecule has 3 rings (SSSR count). The van der Waals surface area contributed by atoms with Crippen LogP contribution in [-0.2, 0) is 0 Å². The molecule has 0 amide bonds. The van der Waals surface area contributed by atoms with Crippen LogP contribution in [0.4, 0.5) is 6.01 Å². The van der Waals surface area contributed by atoms with Crippen molar-refractivity contribution >= 4 is 41.3 Å². The molecule has 1 unspecified atom stereocenters. The average Bonchev–Trinajstić information content (AvgIpc) is 3.00. The summed E-state index contributed by atoms with van der Waals surface area (Å²) in [5, 5.41) is 8.05. The highest BCUT2D eigenvalue weighted by Crippen LogP contribution is 2.28. The molecule has 1 aliphatic rings. The second-order valence-corrected chi connectivity index (χ2v) is 5.72. The van der Waals surface area contributed by atoms with Crippen LogP contribution in [-0.4, -0.2) is 30.6 Å². The third-order valence-electron chi connectivity index (χ3n) is 3.09. The van der Waals surface area contributed by atoms with Crippen LogP contribution in [0.5, 0.6) is 0 Å². The lowest BCUT2D eigenvalue weighted by Gasteiger charge is -2.15. The van der Waals surface area contributed by atoms with E-state index in [9.17, 15) is 0 Å². The number of nitrogens with one attached hydrogen (secondary N) is 1. The van der Waals surface area contributed by atoms with E-state index in [-0.39, 0.29) is 6.04 Å². The number of nitrogens with zero attached hydrogens (tertiary/aromatic N) is 4. The maximum Gasteiger partial charge on any atom is 0.323 e. The Hall–Kier alpha value is -2.05. The van der Waals surface area contributed by atoms with Gasteiger partial charge in [-0.15, -0.1) is 0 Å². The molecule has 1 aromatic carbocycles. The second-order valence-electron chi connectivity index (χ2n) is 4.91. The van der Waals surface area contributed by atoms with E-state index in [1.807, 2.05) is 26.2 Å². The van der Waals surface area contributed by atoms with Crippen molar-refractivity contribution in [2.45, 2.75) is 6.04 Å². The highest BCUT2D eigenvalue weighted by Gasteiger charge is 2.19. The molecule has 0 radical (unpaired) electrons. The van der Waals surface area contributed by atoms with Crippen LogP contribution in [0.3, 0.4) is 0 Å². The molecule has 0 fully saturated rings. The van der Waals surface area contributed by atoms with Crippen LogP contribution in [0.25, 0.3) is 5.70 Å². The van der Waals surface area contributed by atoms with Gasteiger partial charge in [-0.3, -0.25) is 4.99 Å². The van der Waals surface area contributed by atoms with Gasteiger partial charge in [0.05, 0.1) is 16.4 Å². The Morgan fingerprint density at radius 3 is 2.73 bits per heavy atom. The highest BCUT2D eigenvalue weighted by atomic mass is 35.5. The normalized spacial score (nSPS) is 17.1. The van der Waals surface area contributed by atoms with Crippen LogP contribution >= 0.6 is 23.2 Å². The summed E-state index contributed by atoms with van der Waals surface area (Å²) in [6.45, 7) is 0. The van der Waals surface area contributed by atoms with Gasteiger partial charge in [-0.25, -0.2) is 0 Å². The van der Waals surface area contributed by atoms with Gasteiger partial charge in [0.25, 0.3) is 0 Å². The van der Waals surface area contributed by atoms with Crippen molar-refractivity contribution in [2.75, 3.05) is 19.0 Å². The smallest absolute Gasteiger partial charge is 0.323 e. The van der Waals surface area contributed by atoms with Gasteiger partial charge in [0.2, 0.25) is 5.82 Å². The topological polar surface area (TPSA) is 66.6 Å². The first kappa shape index (κ1) is 14.9. The molecule has 2 heterocycles. The van der Waals surface area contributed by atoms with E-state index in [0.717, 1.165) is 11.3 Å². The summed E-state index contributed by atoms with van der Waals surface area (Å²) in [6, 6.07) is 5.54. The van der Waals surface area contributed by atoms with Gasteiger partial charge in [0, 0.05) is 19.8 Å². The summed E-state index contributed by atoms with van der Waals surface area (Å²) >= 11 is 12.0. The fourth-order valence-electron chi connectivity index (χ4n) is 1.95. The minimum atomic E-state index is -0.317. The predicted molar refractivity (Wildman–Crippen MR) is 87.4 cm³/mol. The molecule has 22 heavy (non-hydrogen) atoms. The highest BCUT2D eigenvalue weighted by molar-refractivity contribution is 6.42. The van der Waals surface area contributed by atoms with Gasteiger partial charge in [-0.2, -0.15) is 4.98 Å². The molecular formula is C14H13Cl2N5O. The number of aromatic nitrogens is 2. The zero-order chi connectivity index (χ0) is 15.7. The first-order valence-electron chi connectivity index (χ1n) is 6.51. The number of hydrogen-bond donors (Lipinski definition) is 1. The Labute approximate surface area is 137 Å². The molecule has 1 aliphatic heterocycles. The van der Waals surface area contributed by atoms with Crippen molar-refractivity contribution in [2.24, 2.45) is 4.99 Å². The minimum Gasteiger partial charge on any atom is -0.346 e. The Kier molecular flexibility index (Phi) is 4.04. The number of halogens is 2. The van der Waals surface area contributed by atoms with E-state index in [4.69, 9.17) is 27.7 Å². The zero-order valence-electron chi connectivity index (χ0n) is 11.9. The zero-order valence-corrected chi connectivity index (χ0v) is 13.4. The first-order chi connectivity index (χ1) is 10.5. The van der Waals surface area contributed by atoms with Gasteiger partial charge in [0.1, 0.15) is 6.04 Å². The molecule has 2 aromatic rings. The maximum atomic E-state index is 6.06. The standard InChI is InChI=1S/C14H13Cl2N5O/c1-21(2)14-19-13(20-22-14)12-6-11(17-7-18-12)8-3-4-9(15)10(16)5-8/h3-7,12H,1-2H3,(H,17,18). The Bertz CT molecular complexity index is 753. The third-order valence-corrected chi connectivity index (χ3v) is 3.83. The molecule has 0 spiro atoms. The van der Waals surface area contributed by atoms with Crippen molar-refractivity contribution in [1.82, 2.24) is 15.5 Å². The van der Waals surface area contributed by atoms with Gasteiger partial charge in [-0.05, 0) is 23.8 Å². The van der Waals surface area contributed by atoms with Crippen LogP contribution in [0.1, 0.15) is 17.4 Å². The van der Waals surface area contributed by atoms with Crippen LogP contribution in [0, 0.1) is 0 Å². The minimum absolute atomic E-state index is 0.317. The summed E-state index contributed by atoms with van der Waals surface area (Å²) in [5.74, 6) is 0.499. The predicted octanol–water partition coefficient (Wildman–Crippen LogP) is 3.16. The summed E-state index contributed by atoms with van der Waals surface area (Å²) < 4.78 is 5.16. The van der Waals surface area contributed by atoms with Crippen LogP contribution < -0.4 is 10.2 Å². The summed E-state index contributed by atoms with van der Waals surface area (Å²) in [5.41, 5.74) is 1.76. The lowest BCUT2D eigenvalue weighted by molar-refractivity contribution is 0.412. The molecule has 0 saturated carbocycles. The van der Waals surface area contributed by atoms with Gasteiger partial charge < -0.3 is 14.7 Å². The number of aliphatic imine (C=N–C) groups is 1. The van der Waals surface area contributed by atoms with Gasteiger partial charge in [0.15, 0.2) is 0 Å². The fourth-order valence-corrected chi connectivity index (χ4v) is 2.25.